The summed E-state index contributed by atoms with van der Waals surface area (Å²) < 4.78 is 5.24. The molecule has 2 aromatic rings. The Morgan fingerprint density at radius 2 is 2.17 bits per heavy atom. The van der Waals surface area contributed by atoms with Gasteiger partial charge in [-0.2, -0.15) is 4.98 Å². The van der Waals surface area contributed by atoms with E-state index in [0.29, 0.717) is 17.6 Å². The zero-order chi connectivity index (χ0) is 12.7. The Balaban J connectivity index is 1.92. The Hall–Kier alpha value is -1.75. The Morgan fingerprint density at radius 1 is 1.39 bits per heavy atom. The number of hydrogen-bond donors (Lipinski definition) is 1. The predicted octanol–water partition coefficient (Wildman–Crippen LogP) is 2.16. The van der Waals surface area contributed by atoms with Gasteiger partial charge in [-0.05, 0) is 43.7 Å². The third-order valence-corrected chi connectivity index (χ3v) is 3.28. The van der Waals surface area contributed by atoms with Crippen LogP contribution in [0.2, 0.25) is 0 Å². The maximum Gasteiger partial charge on any atom is 0.244 e. The number of nitrogens with two attached hydrogens (primary N) is 1. The van der Waals surface area contributed by atoms with E-state index in [1.165, 1.54) is 0 Å². The Kier molecular flexibility index (Phi) is 2.63. The van der Waals surface area contributed by atoms with Crippen molar-refractivity contribution in [2.75, 3.05) is 0 Å². The molecule has 0 aromatic carbocycles. The van der Waals surface area contributed by atoms with Gasteiger partial charge in [0, 0.05) is 6.20 Å². The third-order valence-electron chi connectivity index (χ3n) is 3.28. The van der Waals surface area contributed by atoms with Crippen molar-refractivity contribution in [3.63, 3.8) is 0 Å². The average molecular weight is 244 g/mol. The van der Waals surface area contributed by atoms with Crippen LogP contribution in [0, 0.1) is 19.8 Å². The van der Waals surface area contributed by atoms with Crippen molar-refractivity contribution in [1.29, 1.82) is 0 Å². The largest absolute Gasteiger partial charge is 0.337 e. The van der Waals surface area contributed by atoms with E-state index in [0.717, 1.165) is 29.7 Å². The molecular formula is C13H16N4O. The minimum Gasteiger partial charge on any atom is -0.337 e. The van der Waals surface area contributed by atoms with Gasteiger partial charge in [-0.3, -0.25) is 4.98 Å². The SMILES string of the molecule is Cc1cnc(-c2noc(C(N)C3CC3)n2)c(C)c1. The van der Waals surface area contributed by atoms with Gasteiger partial charge in [0.05, 0.1) is 6.04 Å². The van der Waals surface area contributed by atoms with Crippen LogP contribution in [0.3, 0.4) is 0 Å². The van der Waals surface area contributed by atoms with Crippen molar-refractivity contribution in [2.24, 2.45) is 11.7 Å². The van der Waals surface area contributed by atoms with Crippen LogP contribution in [0.4, 0.5) is 0 Å². The standard InChI is InChI=1S/C13H16N4O/c1-7-5-8(2)11(15-6-7)12-16-13(18-17-12)10(14)9-3-4-9/h5-6,9-10H,3-4,14H2,1-2H3. The lowest BCUT2D eigenvalue weighted by Crippen LogP contribution is -2.12. The molecule has 0 saturated heterocycles. The molecule has 0 radical (unpaired) electrons. The minimum absolute atomic E-state index is 0.128. The number of rotatable bonds is 3. The molecule has 1 saturated carbocycles. The number of nitrogens with zero attached hydrogens (tertiary/aromatic N) is 3. The van der Waals surface area contributed by atoms with Crippen LogP contribution < -0.4 is 5.73 Å². The first-order chi connectivity index (χ1) is 8.65. The second kappa shape index (κ2) is 4.17. The molecule has 1 fully saturated rings. The van der Waals surface area contributed by atoms with Gasteiger partial charge in [-0.15, -0.1) is 0 Å². The van der Waals surface area contributed by atoms with E-state index in [2.05, 4.69) is 21.2 Å². The van der Waals surface area contributed by atoms with Crippen molar-refractivity contribution < 1.29 is 4.52 Å². The summed E-state index contributed by atoms with van der Waals surface area (Å²) in [5.41, 5.74) is 8.96. The molecule has 18 heavy (non-hydrogen) atoms. The Bertz CT molecular complexity index is 574. The fourth-order valence-electron chi connectivity index (χ4n) is 2.07. The fraction of sp³-hybridized carbons (Fsp3) is 0.462. The molecule has 2 heterocycles. The second-order valence-corrected chi connectivity index (χ2v) is 5.00. The van der Waals surface area contributed by atoms with Crippen molar-refractivity contribution in [3.8, 4) is 11.5 Å². The van der Waals surface area contributed by atoms with Crippen molar-refractivity contribution >= 4 is 0 Å². The molecule has 5 nitrogen and oxygen atoms in total. The first-order valence-corrected chi connectivity index (χ1v) is 6.18. The van der Waals surface area contributed by atoms with E-state index in [1.54, 1.807) is 6.20 Å². The summed E-state index contributed by atoms with van der Waals surface area (Å²) >= 11 is 0. The highest BCUT2D eigenvalue weighted by Crippen LogP contribution is 2.39. The summed E-state index contributed by atoms with van der Waals surface area (Å²) in [5, 5.41) is 3.98. The van der Waals surface area contributed by atoms with E-state index in [1.807, 2.05) is 13.8 Å². The van der Waals surface area contributed by atoms with Gasteiger partial charge in [0.2, 0.25) is 11.7 Å². The molecule has 0 spiro atoms. The van der Waals surface area contributed by atoms with E-state index in [4.69, 9.17) is 10.3 Å². The van der Waals surface area contributed by atoms with E-state index >= 15 is 0 Å². The molecule has 0 amide bonds. The molecule has 94 valence electrons. The maximum atomic E-state index is 6.04. The predicted molar refractivity (Wildman–Crippen MR) is 66.7 cm³/mol. The van der Waals surface area contributed by atoms with Crippen LogP contribution in [0.15, 0.2) is 16.8 Å². The van der Waals surface area contributed by atoms with E-state index < -0.39 is 0 Å². The molecular weight excluding hydrogens is 228 g/mol. The smallest absolute Gasteiger partial charge is 0.244 e. The van der Waals surface area contributed by atoms with Gasteiger partial charge in [-0.25, -0.2) is 0 Å². The van der Waals surface area contributed by atoms with Gasteiger partial charge in [-0.1, -0.05) is 11.2 Å². The van der Waals surface area contributed by atoms with E-state index in [9.17, 15) is 0 Å². The number of hydrogen-bond acceptors (Lipinski definition) is 5. The summed E-state index contributed by atoms with van der Waals surface area (Å²) in [5.74, 6) is 1.55. The molecule has 1 atom stereocenters. The van der Waals surface area contributed by atoms with Gasteiger partial charge >= 0.3 is 0 Å². The van der Waals surface area contributed by atoms with Crippen LogP contribution in [-0.4, -0.2) is 15.1 Å². The highest BCUT2D eigenvalue weighted by atomic mass is 16.5. The molecule has 3 rings (SSSR count). The topological polar surface area (TPSA) is 77.8 Å². The lowest BCUT2D eigenvalue weighted by molar-refractivity contribution is 0.343. The highest BCUT2D eigenvalue weighted by Gasteiger charge is 2.33. The van der Waals surface area contributed by atoms with Crippen LogP contribution in [0.1, 0.15) is 35.9 Å². The lowest BCUT2D eigenvalue weighted by Gasteiger charge is -2.02. The quantitative estimate of drug-likeness (QED) is 0.895. The van der Waals surface area contributed by atoms with Crippen LogP contribution in [0.5, 0.6) is 0 Å². The van der Waals surface area contributed by atoms with Crippen LogP contribution in [0.25, 0.3) is 11.5 Å². The summed E-state index contributed by atoms with van der Waals surface area (Å²) in [7, 11) is 0. The number of aryl methyl sites for hydroxylation is 2. The van der Waals surface area contributed by atoms with Gasteiger partial charge in [0.1, 0.15) is 5.69 Å². The normalized spacial score (nSPS) is 16.8. The Labute approximate surface area is 105 Å². The number of aromatic nitrogens is 3. The molecule has 0 aliphatic heterocycles. The van der Waals surface area contributed by atoms with Crippen molar-refractivity contribution in [3.05, 3.63) is 29.3 Å². The molecule has 5 heteroatoms. The first kappa shape index (κ1) is 11.3. The van der Waals surface area contributed by atoms with Crippen LogP contribution >= 0.6 is 0 Å². The minimum atomic E-state index is -0.128. The average Bonchev–Trinajstić information content (AvgIpc) is 3.07. The van der Waals surface area contributed by atoms with Crippen LogP contribution in [-0.2, 0) is 0 Å². The lowest BCUT2D eigenvalue weighted by atomic mass is 10.1. The molecule has 1 aliphatic rings. The van der Waals surface area contributed by atoms with Gasteiger partial charge < -0.3 is 10.3 Å². The maximum absolute atomic E-state index is 6.04. The molecule has 0 bridgehead atoms. The fourth-order valence-corrected chi connectivity index (χ4v) is 2.07. The third kappa shape index (κ3) is 2.01. The Morgan fingerprint density at radius 3 is 2.83 bits per heavy atom. The summed E-state index contributed by atoms with van der Waals surface area (Å²) in [6, 6.07) is 1.93. The molecule has 2 aromatic heterocycles. The van der Waals surface area contributed by atoms with Crippen molar-refractivity contribution in [2.45, 2.75) is 32.7 Å². The molecule has 1 aliphatic carbocycles. The van der Waals surface area contributed by atoms with Gasteiger partial charge in [0.15, 0.2) is 0 Å². The molecule has 2 N–H and O–H groups in total. The monoisotopic (exact) mass is 244 g/mol. The van der Waals surface area contributed by atoms with Gasteiger partial charge in [0.25, 0.3) is 0 Å². The second-order valence-electron chi connectivity index (χ2n) is 5.00. The van der Waals surface area contributed by atoms with E-state index in [-0.39, 0.29) is 6.04 Å². The van der Waals surface area contributed by atoms with Crippen molar-refractivity contribution in [1.82, 2.24) is 15.1 Å². The summed E-state index contributed by atoms with van der Waals surface area (Å²) in [4.78, 5) is 8.72. The zero-order valence-corrected chi connectivity index (χ0v) is 10.6. The first-order valence-electron chi connectivity index (χ1n) is 6.18. The number of pyridine rings is 1. The zero-order valence-electron chi connectivity index (χ0n) is 10.6. The summed E-state index contributed by atoms with van der Waals surface area (Å²) in [6.07, 6.45) is 4.11. The summed E-state index contributed by atoms with van der Waals surface area (Å²) in [6.45, 7) is 4.00. The highest BCUT2D eigenvalue weighted by molar-refractivity contribution is 5.54. The molecule has 1 unspecified atom stereocenters.